The van der Waals surface area contributed by atoms with Crippen LogP contribution in [-0.4, -0.2) is 47.4 Å². The summed E-state index contributed by atoms with van der Waals surface area (Å²) in [7, 11) is 0. The first-order chi connectivity index (χ1) is 14.5. The molecule has 2 amide bonds. The molecular weight excluding hydrogens is 403 g/mol. The Morgan fingerprint density at radius 2 is 2.07 bits per heavy atom. The van der Waals surface area contributed by atoms with E-state index in [0.29, 0.717) is 13.0 Å². The highest BCUT2D eigenvalue weighted by atomic mass is 32.1. The molecule has 3 rings (SSSR count). The number of carbonyl (C=O) groups excluding carboxylic acids is 2. The number of ether oxygens (including phenoxy) is 1. The molecule has 7 heteroatoms. The molecule has 2 aromatic rings. The predicted molar refractivity (Wildman–Crippen MR) is 116 cm³/mol. The van der Waals surface area contributed by atoms with E-state index in [-0.39, 0.29) is 42.8 Å². The van der Waals surface area contributed by atoms with Gasteiger partial charge in [0.15, 0.2) is 11.6 Å². The Balaban J connectivity index is 1.80. The average molecular weight is 433 g/mol. The normalized spacial score (nSPS) is 16.7. The molecule has 1 aromatic heterocycles. The van der Waals surface area contributed by atoms with Gasteiger partial charge in [-0.15, -0.1) is 11.3 Å². The molecule has 2 atom stereocenters. The van der Waals surface area contributed by atoms with E-state index in [1.807, 2.05) is 32.2 Å². The van der Waals surface area contributed by atoms with Crippen molar-refractivity contribution >= 4 is 23.2 Å². The number of thiophene rings is 1. The highest BCUT2D eigenvalue weighted by Gasteiger charge is 2.34. The predicted octanol–water partition coefficient (Wildman–Crippen LogP) is 4.43. The van der Waals surface area contributed by atoms with Crippen molar-refractivity contribution in [3.05, 3.63) is 52.0 Å². The lowest BCUT2D eigenvalue weighted by Gasteiger charge is -2.38. The molecule has 0 N–H and O–H groups in total. The SMILES string of the molecule is CCC(=O)N(CC(=O)N1CCc2sccc2[C@H]1COc1ccccc1F)[C@@H](C)CC. The van der Waals surface area contributed by atoms with Gasteiger partial charge in [0.1, 0.15) is 13.2 Å². The Kier molecular flexibility index (Phi) is 7.48. The van der Waals surface area contributed by atoms with E-state index < -0.39 is 5.82 Å². The van der Waals surface area contributed by atoms with E-state index in [9.17, 15) is 14.0 Å². The van der Waals surface area contributed by atoms with E-state index in [1.54, 1.807) is 39.3 Å². The van der Waals surface area contributed by atoms with Gasteiger partial charge in [0, 0.05) is 23.9 Å². The summed E-state index contributed by atoms with van der Waals surface area (Å²) < 4.78 is 19.8. The number of para-hydroxylation sites is 1. The molecule has 5 nitrogen and oxygen atoms in total. The van der Waals surface area contributed by atoms with Crippen LogP contribution in [0.1, 0.15) is 50.1 Å². The number of halogens is 1. The van der Waals surface area contributed by atoms with Crippen molar-refractivity contribution in [2.24, 2.45) is 0 Å². The van der Waals surface area contributed by atoms with Gasteiger partial charge in [-0.25, -0.2) is 4.39 Å². The monoisotopic (exact) mass is 432 g/mol. The van der Waals surface area contributed by atoms with E-state index in [0.717, 1.165) is 18.4 Å². The van der Waals surface area contributed by atoms with Gasteiger partial charge in [-0.2, -0.15) is 0 Å². The lowest BCUT2D eigenvalue weighted by atomic mass is 10.00. The summed E-state index contributed by atoms with van der Waals surface area (Å²) in [6.45, 7) is 6.57. The lowest BCUT2D eigenvalue weighted by Crippen LogP contribution is -2.49. The first kappa shape index (κ1) is 22.3. The highest BCUT2D eigenvalue weighted by molar-refractivity contribution is 7.10. The second-order valence-electron chi connectivity index (χ2n) is 7.53. The minimum absolute atomic E-state index is 0.00369. The van der Waals surface area contributed by atoms with Gasteiger partial charge >= 0.3 is 0 Å². The van der Waals surface area contributed by atoms with Crippen molar-refractivity contribution in [3.8, 4) is 5.75 Å². The number of carbonyl (C=O) groups is 2. The molecule has 2 heterocycles. The van der Waals surface area contributed by atoms with Gasteiger partial charge in [-0.05, 0) is 48.9 Å². The van der Waals surface area contributed by atoms with Crippen LogP contribution in [0.4, 0.5) is 4.39 Å². The molecule has 162 valence electrons. The van der Waals surface area contributed by atoms with Gasteiger partial charge < -0.3 is 14.5 Å². The summed E-state index contributed by atoms with van der Waals surface area (Å²) in [5.74, 6) is -0.371. The van der Waals surface area contributed by atoms with Gasteiger partial charge in [-0.1, -0.05) is 26.0 Å². The fourth-order valence-corrected chi connectivity index (χ4v) is 4.68. The van der Waals surface area contributed by atoms with E-state index >= 15 is 0 Å². The lowest BCUT2D eigenvalue weighted by molar-refractivity contribution is -0.144. The Morgan fingerprint density at radius 3 is 2.77 bits per heavy atom. The largest absolute Gasteiger partial charge is 0.488 e. The summed E-state index contributed by atoms with van der Waals surface area (Å²) in [6, 6.07) is 7.98. The number of hydrogen-bond acceptors (Lipinski definition) is 4. The second kappa shape index (κ2) is 10.1. The molecule has 0 spiro atoms. The van der Waals surface area contributed by atoms with Gasteiger partial charge in [0.2, 0.25) is 11.8 Å². The summed E-state index contributed by atoms with van der Waals surface area (Å²) in [5, 5.41) is 2.01. The van der Waals surface area contributed by atoms with Crippen molar-refractivity contribution in [3.63, 3.8) is 0 Å². The molecule has 0 radical (unpaired) electrons. The number of nitrogens with zero attached hydrogens (tertiary/aromatic N) is 2. The fourth-order valence-electron chi connectivity index (χ4n) is 3.75. The Labute approximate surface area is 181 Å². The number of rotatable bonds is 8. The summed E-state index contributed by atoms with van der Waals surface area (Å²) in [6.07, 6.45) is 1.93. The van der Waals surface area contributed by atoms with Crippen molar-refractivity contribution in [1.82, 2.24) is 9.80 Å². The summed E-state index contributed by atoms with van der Waals surface area (Å²) in [5.41, 5.74) is 1.05. The number of benzene rings is 1. The molecule has 0 aliphatic carbocycles. The van der Waals surface area contributed by atoms with Crippen LogP contribution in [0.5, 0.6) is 5.75 Å². The van der Waals surface area contributed by atoms with Crippen LogP contribution in [0.25, 0.3) is 0 Å². The third kappa shape index (κ3) is 4.83. The molecular formula is C23H29FN2O3S. The Morgan fingerprint density at radius 1 is 1.30 bits per heavy atom. The van der Waals surface area contributed by atoms with Crippen molar-refractivity contribution in [2.75, 3.05) is 19.7 Å². The van der Waals surface area contributed by atoms with Crippen LogP contribution in [-0.2, 0) is 16.0 Å². The molecule has 1 aromatic carbocycles. The number of fused-ring (bicyclic) bond motifs is 1. The number of hydrogen-bond donors (Lipinski definition) is 0. The van der Waals surface area contributed by atoms with Crippen LogP contribution >= 0.6 is 11.3 Å². The third-order valence-corrected chi connectivity index (χ3v) is 6.70. The summed E-state index contributed by atoms with van der Waals surface area (Å²) in [4.78, 5) is 30.4. The smallest absolute Gasteiger partial charge is 0.242 e. The van der Waals surface area contributed by atoms with E-state index in [1.165, 1.54) is 10.9 Å². The van der Waals surface area contributed by atoms with Gasteiger partial charge in [0.25, 0.3) is 0 Å². The van der Waals surface area contributed by atoms with Gasteiger partial charge in [-0.3, -0.25) is 9.59 Å². The van der Waals surface area contributed by atoms with Crippen LogP contribution in [0.3, 0.4) is 0 Å². The van der Waals surface area contributed by atoms with Crippen molar-refractivity contribution in [1.29, 1.82) is 0 Å². The molecule has 0 fully saturated rings. The quantitative estimate of drug-likeness (QED) is 0.620. The zero-order chi connectivity index (χ0) is 21.7. The average Bonchev–Trinajstić information content (AvgIpc) is 3.24. The zero-order valence-electron chi connectivity index (χ0n) is 17.8. The Hall–Kier alpha value is -2.41. The van der Waals surface area contributed by atoms with E-state index in [2.05, 4.69) is 0 Å². The van der Waals surface area contributed by atoms with Crippen LogP contribution in [0.15, 0.2) is 35.7 Å². The second-order valence-corrected chi connectivity index (χ2v) is 8.53. The maximum Gasteiger partial charge on any atom is 0.242 e. The Bertz CT molecular complexity index is 885. The number of amides is 2. The molecule has 1 aliphatic rings. The molecule has 30 heavy (non-hydrogen) atoms. The van der Waals surface area contributed by atoms with E-state index in [4.69, 9.17) is 4.74 Å². The standard InChI is InChI=1S/C23H29FN2O3S/c1-4-16(3)26(22(27)5-2)14-23(28)25-12-10-21-17(11-13-30-21)19(25)15-29-20-9-7-6-8-18(20)24/h6-9,11,13,16,19H,4-5,10,12,14-15H2,1-3H3/t16-,19+/m0/s1. The molecule has 0 bridgehead atoms. The topological polar surface area (TPSA) is 49.9 Å². The molecule has 0 saturated heterocycles. The van der Waals surface area contributed by atoms with Crippen molar-refractivity contribution < 1.29 is 18.7 Å². The third-order valence-electron chi connectivity index (χ3n) is 5.70. The van der Waals surface area contributed by atoms with Gasteiger partial charge in [0.05, 0.1) is 6.04 Å². The first-order valence-electron chi connectivity index (χ1n) is 10.5. The highest BCUT2D eigenvalue weighted by Crippen LogP contribution is 2.34. The first-order valence-corrected chi connectivity index (χ1v) is 11.4. The summed E-state index contributed by atoms with van der Waals surface area (Å²) >= 11 is 1.67. The van der Waals surface area contributed by atoms with Crippen molar-refractivity contribution in [2.45, 2.75) is 52.1 Å². The minimum atomic E-state index is -0.423. The zero-order valence-corrected chi connectivity index (χ0v) is 18.6. The molecule has 0 saturated carbocycles. The van der Waals surface area contributed by atoms with Crippen LogP contribution in [0.2, 0.25) is 0 Å². The maximum absolute atomic E-state index is 14.0. The molecule has 1 aliphatic heterocycles. The minimum Gasteiger partial charge on any atom is -0.488 e. The van der Waals surface area contributed by atoms with Crippen LogP contribution in [0, 0.1) is 5.82 Å². The molecule has 0 unspecified atom stereocenters. The maximum atomic E-state index is 14.0. The fraction of sp³-hybridized carbons (Fsp3) is 0.478. The van der Waals surface area contributed by atoms with Crippen LogP contribution < -0.4 is 4.74 Å².